The highest BCUT2D eigenvalue weighted by atomic mass is 16.5. The van der Waals surface area contributed by atoms with Crippen LogP contribution in [0.5, 0.6) is 0 Å². The second-order valence-corrected chi connectivity index (χ2v) is 4.66. The molecule has 0 radical (unpaired) electrons. The summed E-state index contributed by atoms with van der Waals surface area (Å²) in [5.41, 5.74) is 7.16. The fourth-order valence-corrected chi connectivity index (χ4v) is 1.79. The van der Waals surface area contributed by atoms with E-state index in [9.17, 15) is 9.59 Å². The molecule has 0 atom stereocenters. The Morgan fingerprint density at radius 1 is 1.09 bits per heavy atom. The van der Waals surface area contributed by atoms with Crippen LogP contribution in [0.4, 0.5) is 4.79 Å². The van der Waals surface area contributed by atoms with E-state index in [1.807, 2.05) is 30.3 Å². The molecular formula is C18H16N2O3. The van der Waals surface area contributed by atoms with E-state index in [1.54, 1.807) is 24.3 Å². The van der Waals surface area contributed by atoms with Gasteiger partial charge in [-0.1, -0.05) is 48.2 Å². The van der Waals surface area contributed by atoms with Crippen molar-refractivity contribution in [3.8, 4) is 11.8 Å². The van der Waals surface area contributed by atoms with Gasteiger partial charge in [0.15, 0.2) is 0 Å². The van der Waals surface area contributed by atoms with E-state index >= 15 is 0 Å². The highest BCUT2D eigenvalue weighted by molar-refractivity contribution is 5.93. The first kappa shape index (κ1) is 16.1. The third kappa shape index (κ3) is 5.56. The van der Waals surface area contributed by atoms with Crippen molar-refractivity contribution in [2.24, 2.45) is 5.73 Å². The largest absolute Gasteiger partial charge is 0.445 e. The van der Waals surface area contributed by atoms with E-state index in [1.165, 1.54) is 0 Å². The lowest BCUT2D eigenvalue weighted by Gasteiger charge is -2.04. The molecule has 0 fully saturated rings. The maximum absolute atomic E-state index is 11.5. The molecule has 0 unspecified atom stereocenters. The van der Waals surface area contributed by atoms with E-state index < -0.39 is 12.0 Å². The zero-order valence-electron chi connectivity index (χ0n) is 12.4. The molecule has 3 N–H and O–H groups in total. The summed E-state index contributed by atoms with van der Waals surface area (Å²) in [5, 5.41) is 2.53. The molecule has 5 nitrogen and oxygen atoms in total. The molecule has 2 aromatic carbocycles. The van der Waals surface area contributed by atoms with Gasteiger partial charge in [0.2, 0.25) is 5.91 Å². The molecule has 0 aliphatic carbocycles. The molecule has 0 aromatic heterocycles. The fourth-order valence-electron chi connectivity index (χ4n) is 1.79. The fraction of sp³-hybridized carbons (Fsp3) is 0.111. The maximum atomic E-state index is 11.5. The smallest absolute Gasteiger partial charge is 0.408 e. The number of rotatable bonds is 4. The second kappa shape index (κ2) is 8.25. The highest BCUT2D eigenvalue weighted by Crippen LogP contribution is 2.03. The monoisotopic (exact) mass is 308 g/mol. The highest BCUT2D eigenvalue weighted by Gasteiger charge is 2.01. The minimum atomic E-state index is -0.533. The minimum Gasteiger partial charge on any atom is -0.445 e. The van der Waals surface area contributed by atoms with Crippen LogP contribution in [0.1, 0.15) is 21.5 Å². The van der Waals surface area contributed by atoms with Crippen molar-refractivity contribution < 1.29 is 14.3 Å². The van der Waals surface area contributed by atoms with Crippen molar-refractivity contribution in [2.45, 2.75) is 6.61 Å². The van der Waals surface area contributed by atoms with Gasteiger partial charge < -0.3 is 15.8 Å². The summed E-state index contributed by atoms with van der Waals surface area (Å²) in [6, 6.07) is 16.1. The molecule has 0 aliphatic rings. The molecule has 116 valence electrons. The van der Waals surface area contributed by atoms with Gasteiger partial charge >= 0.3 is 6.09 Å². The zero-order chi connectivity index (χ0) is 16.5. The Balaban J connectivity index is 1.78. The van der Waals surface area contributed by atoms with Crippen LogP contribution in [0.2, 0.25) is 0 Å². The first-order valence-corrected chi connectivity index (χ1v) is 6.98. The Hall–Kier alpha value is -3.26. The number of nitrogens with one attached hydrogen (secondary N) is 1. The van der Waals surface area contributed by atoms with Crippen molar-refractivity contribution in [1.82, 2.24) is 5.32 Å². The molecule has 0 aliphatic heterocycles. The van der Waals surface area contributed by atoms with Crippen LogP contribution in [0.15, 0.2) is 54.6 Å². The molecule has 0 spiro atoms. The quantitative estimate of drug-likeness (QED) is 0.848. The van der Waals surface area contributed by atoms with Crippen molar-refractivity contribution in [3.05, 3.63) is 71.3 Å². The number of carbonyl (C=O) groups excluding carboxylic acids is 2. The lowest BCUT2D eigenvalue weighted by molar-refractivity contribution is 0.1000. The predicted molar refractivity (Wildman–Crippen MR) is 86.5 cm³/mol. The summed E-state index contributed by atoms with van der Waals surface area (Å²) in [4.78, 5) is 22.6. The van der Waals surface area contributed by atoms with Gasteiger partial charge in [-0.3, -0.25) is 4.79 Å². The average molecular weight is 308 g/mol. The van der Waals surface area contributed by atoms with Gasteiger partial charge in [0.05, 0.1) is 6.54 Å². The Morgan fingerprint density at radius 2 is 1.87 bits per heavy atom. The number of primary amides is 1. The SMILES string of the molecule is NC(=O)c1cccc(C#CCNC(=O)OCc2ccccc2)c1. The standard InChI is InChI=1S/C18H16N2O3/c19-17(21)16-10-4-8-14(12-16)9-5-11-20-18(22)23-13-15-6-2-1-3-7-15/h1-4,6-8,10,12H,11,13H2,(H2,19,21)(H,20,22). The molecule has 2 amide bonds. The van der Waals surface area contributed by atoms with Crippen LogP contribution in [0, 0.1) is 11.8 Å². The molecule has 0 bridgehead atoms. The molecule has 0 saturated carbocycles. The Kier molecular flexibility index (Phi) is 5.78. The summed E-state index contributed by atoms with van der Waals surface area (Å²) >= 11 is 0. The third-order valence-electron chi connectivity index (χ3n) is 2.91. The number of hydrogen-bond acceptors (Lipinski definition) is 3. The number of amides is 2. The van der Waals surface area contributed by atoms with Crippen LogP contribution >= 0.6 is 0 Å². The summed E-state index contributed by atoms with van der Waals surface area (Å²) in [5.74, 6) is 5.12. The van der Waals surface area contributed by atoms with E-state index in [-0.39, 0.29) is 13.2 Å². The third-order valence-corrected chi connectivity index (χ3v) is 2.91. The molecule has 5 heteroatoms. The van der Waals surface area contributed by atoms with Crippen molar-refractivity contribution in [2.75, 3.05) is 6.54 Å². The molecular weight excluding hydrogens is 292 g/mol. The van der Waals surface area contributed by atoms with Crippen LogP contribution in [0.3, 0.4) is 0 Å². The first-order valence-electron chi connectivity index (χ1n) is 6.98. The molecule has 2 aromatic rings. The Morgan fingerprint density at radius 3 is 2.61 bits per heavy atom. The second-order valence-electron chi connectivity index (χ2n) is 4.66. The van der Waals surface area contributed by atoms with Crippen LogP contribution < -0.4 is 11.1 Å². The number of nitrogens with two attached hydrogens (primary N) is 1. The van der Waals surface area contributed by atoms with Gasteiger partial charge in [-0.25, -0.2) is 4.79 Å². The number of hydrogen-bond donors (Lipinski definition) is 2. The number of ether oxygens (including phenoxy) is 1. The van der Waals surface area contributed by atoms with Crippen molar-refractivity contribution in [1.29, 1.82) is 0 Å². The van der Waals surface area contributed by atoms with Gasteiger partial charge in [-0.05, 0) is 23.8 Å². The predicted octanol–water partition coefficient (Wildman–Crippen LogP) is 2.06. The lowest BCUT2D eigenvalue weighted by atomic mass is 10.1. The van der Waals surface area contributed by atoms with Gasteiger partial charge in [-0.15, -0.1) is 0 Å². The summed E-state index contributed by atoms with van der Waals surface area (Å²) in [6.45, 7) is 0.356. The molecule has 0 saturated heterocycles. The zero-order valence-corrected chi connectivity index (χ0v) is 12.4. The summed E-state index contributed by atoms with van der Waals surface area (Å²) in [7, 11) is 0. The minimum absolute atomic E-state index is 0.147. The lowest BCUT2D eigenvalue weighted by Crippen LogP contribution is -2.24. The maximum Gasteiger partial charge on any atom is 0.408 e. The summed E-state index contributed by atoms with van der Waals surface area (Å²) < 4.78 is 5.05. The Labute approximate surface area is 134 Å². The van der Waals surface area contributed by atoms with Crippen LogP contribution in [0.25, 0.3) is 0 Å². The van der Waals surface area contributed by atoms with E-state index in [0.717, 1.165) is 5.56 Å². The average Bonchev–Trinajstić information content (AvgIpc) is 2.58. The normalized spacial score (nSPS) is 9.39. The number of alkyl carbamates (subject to hydrolysis) is 1. The van der Waals surface area contributed by atoms with E-state index in [2.05, 4.69) is 17.2 Å². The number of benzene rings is 2. The van der Waals surface area contributed by atoms with Crippen LogP contribution in [-0.4, -0.2) is 18.5 Å². The summed E-state index contributed by atoms with van der Waals surface area (Å²) in [6.07, 6.45) is -0.533. The van der Waals surface area contributed by atoms with Gasteiger partial charge in [0, 0.05) is 11.1 Å². The van der Waals surface area contributed by atoms with Crippen molar-refractivity contribution >= 4 is 12.0 Å². The van der Waals surface area contributed by atoms with E-state index in [4.69, 9.17) is 10.5 Å². The van der Waals surface area contributed by atoms with Gasteiger partial charge in [0.25, 0.3) is 0 Å². The number of carbonyl (C=O) groups is 2. The molecule has 0 heterocycles. The van der Waals surface area contributed by atoms with Crippen molar-refractivity contribution in [3.63, 3.8) is 0 Å². The van der Waals surface area contributed by atoms with Gasteiger partial charge in [0.1, 0.15) is 6.61 Å². The molecule has 23 heavy (non-hydrogen) atoms. The van der Waals surface area contributed by atoms with Crippen LogP contribution in [-0.2, 0) is 11.3 Å². The van der Waals surface area contributed by atoms with E-state index in [0.29, 0.717) is 11.1 Å². The molecule has 2 rings (SSSR count). The Bertz CT molecular complexity index is 746. The van der Waals surface area contributed by atoms with Gasteiger partial charge in [-0.2, -0.15) is 0 Å². The first-order chi connectivity index (χ1) is 11.1. The topological polar surface area (TPSA) is 81.4 Å².